The second-order valence-corrected chi connectivity index (χ2v) is 6.02. The highest BCUT2D eigenvalue weighted by molar-refractivity contribution is 6.01. The molecule has 2 rings (SSSR count). The van der Waals surface area contributed by atoms with Gasteiger partial charge in [-0.25, -0.2) is 8.78 Å². The summed E-state index contributed by atoms with van der Waals surface area (Å²) < 4.78 is 27.1. The molecule has 1 aliphatic carbocycles. The summed E-state index contributed by atoms with van der Waals surface area (Å²) in [6, 6.07) is 3.86. The first-order chi connectivity index (χ1) is 8.96. The monoisotopic (exact) mass is 266 g/mol. The molecular weight excluding hydrogens is 246 g/mol. The Bertz CT molecular complexity index is 474. The third-order valence-corrected chi connectivity index (χ3v) is 4.04. The van der Waals surface area contributed by atoms with Gasteiger partial charge in [-0.1, -0.05) is 32.8 Å². The predicted octanol–water partition coefficient (Wildman–Crippen LogP) is 4.75. The average molecular weight is 266 g/mol. The molecule has 0 aromatic heterocycles. The molecule has 1 fully saturated rings. The SMILES string of the molecule is CC(C)CC1(C(=O)c2cccc(F)c2F)CCCC1. The molecule has 1 aliphatic rings. The number of hydrogen-bond acceptors (Lipinski definition) is 1. The first-order valence-corrected chi connectivity index (χ1v) is 6.95. The van der Waals surface area contributed by atoms with Crippen molar-refractivity contribution in [2.24, 2.45) is 11.3 Å². The van der Waals surface area contributed by atoms with E-state index in [0.29, 0.717) is 5.92 Å². The number of carbonyl (C=O) groups excluding carboxylic acids is 1. The highest BCUT2D eigenvalue weighted by Gasteiger charge is 2.42. The number of Topliss-reactive ketones (excluding diaryl/α,β-unsaturated/α-hetero) is 1. The van der Waals surface area contributed by atoms with Crippen molar-refractivity contribution in [3.8, 4) is 0 Å². The van der Waals surface area contributed by atoms with Crippen molar-refractivity contribution < 1.29 is 13.6 Å². The van der Waals surface area contributed by atoms with Crippen LogP contribution in [-0.4, -0.2) is 5.78 Å². The molecule has 3 heteroatoms. The molecule has 0 spiro atoms. The molecule has 1 nitrogen and oxygen atoms in total. The number of carbonyl (C=O) groups is 1. The van der Waals surface area contributed by atoms with E-state index in [9.17, 15) is 13.6 Å². The molecule has 0 atom stereocenters. The van der Waals surface area contributed by atoms with Crippen molar-refractivity contribution in [2.45, 2.75) is 46.0 Å². The van der Waals surface area contributed by atoms with Crippen molar-refractivity contribution in [3.05, 3.63) is 35.4 Å². The lowest BCUT2D eigenvalue weighted by Gasteiger charge is -2.29. The Morgan fingerprint density at radius 1 is 1.26 bits per heavy atom. The zero-order chi connectivity index (χ0) is 14.0. The Labute approximate surface area is 113 Å². The van der Waals surface area contributed by atoms with E-state index >= 15 is 0 Å². The molecule has 0 aliphatic heterocycles. The Morgan fingerprint density at radius 3 is 2.47 bits per heavy atom. The van der Waals surface area contributed by atoms with E-state index in [4.69, 9.17) is 0 Å². The summed E-state index contributed by atoms with van der Waals surface area (Å²) in [5.41, 5.74) is -0.564. The summed E-state index contributed by atoms with van der Waals surface area (Å²) in [4.78, 5) is 12.7. The largest absolute Gasteiger partial charge is 0.293 e. The lowest BCUT2D eigenvalue weighted by atomic mass is 9.73. The van der Waals surface area contributed by atoms with Gasteiger partial charge in [0.1, 0.15) is 0 Å². The fraction of sp³-hybridized carbons (Fsp3) is 0.562. The molecule has 0 unspecified atom stereocenters. The standard InChI is InChI=1S/C16H20F2O/c1-11(2)10-16(8-3-4-9-16)15(19)12-6-5-7-13(17)14(12)18/h5-7,11H,3-4,8-10H2,1-2H3. The van der Waals surface area contributed by atoms with Gasteiger partial charge < -0.3 is 0 Å². The summed E-state index contributed by atoms with van der Waals surface area (Å²) >= 11 is 0. The molecule has 0 saturated heterocycles. The van der Waals surface area contributed by atoms with Gasteiger partial charge in [0.05, 0.1) is 5.56 Å². The van der Waals surface area contributed by atoms with Crippen molar-refractivity contribution in [3.63, 3.8) is 0 Å². The van der Waals surface area contributed by atoms with Gasteiger partial charge >= 0.3 is 0 Å². The quantitative estimate of drug-likeness (QED) is 0.718. The van der Waals surface area contributed by atoms with Crippen LogP contribution in [0.4, 0.5) is 8.78 Å². The third kappa shape index (κ3) is 2.70. The Morgan fingerprint density at radius 2 is 1.89 bits per heavy atom. The van der Waals surface area contributed by atoms with Crippen LogP contribution in [0.25, 0.3) is 0 Å². The first-order valence-electron chi connectivity index (χ1n) is 6.95. The van der Waals surface area contributed by atoms with Gasteiger partial charge in [0.15, 0.2) is 17.4 Å². The van der Waals surface area contributed by atoms with Crippen LogP contribution in [-0.2, 0) is 0 Å². The molecule has 1 saturated carbocycles. The minimum Gasteiger partial charge on any atom is -0.293 e. The van der Waals surface area contributed by atoms with Gasteiger partial charge in [-0.3, -0.25) is 4.79 Å². The number of hydrogen-bond donors (Lipinski definition) is 0. The second kappa shape index (κ2) is 5.40. The summed E-state index contributed by atoms with van der Waals surface area (Å²) in [5, 5.41) is 0. The van der Waals surface area contributed by atoms with Gasteiger partial charge in [-0.05, 0) is 37.3 Å². The lowest BCUT2D eigenvalue weighted by molar-refractivity contribution is 0.0754. The summed E-state index contributed by atoms with van der Waals surface area (Å²) in [5.74, 6) is -1.78. The van der Waals surface area contributed by atoms with Crippen molar-refractivity contribution in [1.29, 1.82) is 0 Å². The smallest absolute Gasteiger partial charge is 0.172 e. The number of benzene rings is 1. The van der Waals surface area contributed by atoms with Crippen molar-refractivity contribution >= 4 is 5.78 Å². The lowest BCUT2D eigenvalue weighted by Crippen LogP contribution is -2.30. The number of halogens is 2. The topological polar surface area (TPSA) is 17.1 Å². The Kier molecular flexibility index (Phi) is 4.02. The molecule has 1 aromatic carbocycles. The fourth-order valence-electron chi connectivity index (χ4n) is 3.32. The first kappa shape index (κ1) is 14.2. The normalized spacial score (nSPS) is 17.9. The molecule has 19 heavy (non-hydrogen) atoms. The zero-order valence-electron chi connectivity index (χ0n) is 11.5. The van der Waals surface area contributed by atoms with Gasteiger partial charge in [0.2, 0.25) is 0 Å². The molecule has 0 heterocycles. The number of ketones is 1. The molecule has 0 N–H and O–H groups in total. The fourth-order valence-corrected chi connectivity index (χ4v) is 3.32. The van der Waals surface area contributed by atoms with Crippen LogP contribution in [0.15, 0.2) is 18.2 Å². The van der Waals surface area contributed by atoms with Gasteiger partial charge in [-0.2, -0.15) is 0 Å². The van der Waals surface area contributed by atoms with E-state index in [1.54, 1.807) is 0 Å². The second-order valence-electron chi connectivity index (χ2n) is 6.02. The summed E-state index contributed by atoms with van der Waals surface area (Å²) in [6.45, 7) is 4.13. The Hall–Kier alpha value is -1.25. The zero-order valence-corrected chi connectivity index (χ0v) is 11.5. The van der Waals surface area contributed by atoms with Crippen LogP contribution in [0, 0.1) is 23.0 Å². The van der Waals surface area contributed by atoms with Gasteiger partial charge in [-0.15, -0.1) is 0 Å². The van der Waals surface area contributed by atoms with Crippen LogP contribution in [0.3, 0.4) is 0 Å². The van der Waals surface area contributed by atoms with E-state index < -0.39 is 17.0 Å². The number of rotatable bonds is 4. The van der Waals surface area contributed by atoms with E-state index in [-0.39, 0.29) is 11.3 Å². The van der Waals surface area contributed by atoms with Crippen LogP contribution < -0.4 is 0 Å². The van der Waals surface area contributed by atoms with Crippen LogP contribution >= 0.6 is 0 Å². The molecule has 0 radical (unpaired) electrons. The molecule has 104 valence electrons. The van der Waals surface area contributed by atoms with E-state index in [1.165, 1.54) is 12.1 Å². The van der Waals surface area contributed by atoms with Crippen LogP contribution in [0.2, 0.25) is 0 Å². The summed E-state index contributed by atoms with van der Waals surface area (Å²) in [6.07, 6.45) is 4.33. The maximum Gasteiger partial charge on any atom is 0.172 e. The molecule has 0 bridgehead atoms. The van der Waals surface area contributed by atoms with E-state index in [1.807, 2.05) is 0 Å². The van der Waals surface area contributed by atoms with Crippen LogP contribution in [0.5, 0.6) is 0 Å². The highest BCUT2D eigenvalue weighted by Crippen LogP contribution is 2.45. The van der Waals surface area contributed by atoms with Gasteiger partial charge in [0, 0.05) is 5.41 Å². The summed E-state index contributed by atoms with van der Waals surface area (Å²) in [7, 11) is 0. The average Bonchev–Trinajstić information content (AvgIpc) is 2.80. The molecule has 0 amide bonds. The third-order valence-electron chi connectivity index (χ3n) is 4.04. The van der Waals surface area contributed by atoms with E-state index in [0.717, 1.165) is 38.2 Å². The van der Waals surface area contributed by atoms with Crippen molar-refractivity contribution in [1.82, 2.24) is 0 Å². The molecular formula is C16H20F2O. The maximum absolute atomic E-state index is 13.8. The van der Waals surface area contributed by atoms with Gasteiger partial charge in [0.25, 0.3) is 0 Å². The minimum absolute atomic E-state index is 0.0810. The van der Waals surface area contributed by atoms with E-state index in [2.05, 4.69) is 13.8 Å². The van der Waals surface area contributed by atoms with Crippen LogP contribution in [0.1, 0.15) is 56.3 Å². The maximum atomic E-state index is 13.8. The predicted molar refractivity (Wildman–Crippen MR) is 71.0 cm³/mol. The minimum atomic E-state index is -0.998. The van der Waals surface area contributed by atoms with Crippen molar-refractivity contribution in [2.75, 3.05) is 0 Å². The molecule has 1 aromatic rings. The highest BCUT2D eigenvalue weighted by atomic mass is 19.2. The Balaban J connectivity index is 2.37.